The number of phenolic OH excluding ortho intramolecular Hbond substituents is 2. The maximum absolute atomic E-state index is 13.0. The summed E-state index contributed by atoms with van der Waals surface area (Å²) < 4.78 is 45.7. The number of ketones is 1. The van der Waals surface area contributed by atoms with Gasteiger partial charge in [-0.2, -0.15) is 0 Å². The number of aromatic hydroxyl groups is 2. The Morgan fingerprint density at radius 1 is 0.906 bits per heavy atom. The molecule has 32 heavy (non-hydrogen) atoms. The van der Waals surface area contributed by atoms with Gasteiger partial charge in [-0.3, -0.25) is 13.9 Å². The maximum Gasteiger partial charge on any atom is 0.364 e. The minimum Gasteiger partial charge on any atom is -0.507 e. The van der Waals surface area contributed by atoms with Crippen LogP contribution in [0.4, 0.5) is 0 Å². The fraction of sp³-hybridized carbons (Fsp3) is 0.286. The first-order valence-corrected chi connectivity index (χ1v) is 12.7. The van der Waals surface area contributed by atoms with E-state index < -0.39 is 21.0 Å². The van der Waals surface area contributed by atoms with Crippen LogP contribution in [-0.4, -0.2) is 43.4 Å². The molecule has 0 aliphatic carbocycles. The molecule has 0 aliphatic heterocycles. The van der Waals surface area contributed by atoms with Gasteiger partial charge in [-0.15, -0.1) is 0 Å². The van der Waals surface area contributed by atoms with Crippen LogP contribution in [0.15, 0.2) is 42.5 Å². The van der Waals surface area contributed by atoms with E-state index in [0.717, 1.165) is 0 Å². The van der Waals surface area contributed by atoms with Gasteiger partial charge in [-0.1, -0.05) is 12.1 Å². The van der Waals surface area contributed by atoms with Crippen LogP contribution >= 0.6 is 15.2 Å². The second-order valence-corrected chi connectivity index (χ2v) is 10.6. The predicted molar refractivity (Wildman–Crippen MR) is 121 cm³/mol. The van der Waals surface area contributed by atoms with Gasteiger partial charge < -0.3 is 28.3 Å². The van der Waals surface area contributed by atoms with Crippen molar-refractivity contribution in [2.24, 2.45) is 0 Å². The van der Waals surface area contributed by atoms with E-state index in [9.17, 15) is 24.1 Å². The topological polar surface area (TPSA) is 129 Å². The molecule has 0 radical (unpaired) electrons. The largest absolute Gasteiger partial charge is 0.507 e. The molecule has 0 aromatic heterocycles. The van der Waals surface area contributed by atoms with Gasteiger partial charge in [-0.05, 0) is 55.8 Å². The number of carbonyl (C=O) groups is 1. The molecule has 9 nitrogen and oxygen atoms in total. The minimum atomic E-state index is -3.64. The Morgan fingerprint density at radius 3 is 2.06 bits per heavy atom. The van der Waals surface area contributed by atoms with Gasteiger partial charge in [0.2, 0.25) is 0 Å². The second-order valence-electron chi connectivity index (χ2n) is 6.34. The summed E-state index contributed by atoms with van der Waals surface area (Å²) in [5.74, 6) is -1.21. The Morgan fingerprint density at radius 2 is 1.53 bits per heavy atom. The highest BCUT2D eigenvalue weighted by molar-refractivity contribution is 7.62. The van der Waals surface area contributed by atoms with Crippen molar-refractivity contribution in [3.63, 3.8) is 0 Å². The quantitative estimate of drug-likeness (QED) is 0.276. The smallest absolute Gasteiger partial charge is 0.364 e. The highest BCUT2D eigenvalue weighted by atomic mass is 31.2. The standard InChI is InChI=1S/C21H26O9P2/c1-5-29-31(25,30-6-2)16-9-11-19(23)17(14-16)18(22)10-7-15-8-12-21(20(24)13-15)32(26,27-3)28-4/h7-14,23-24H,5-6H2,1-4H3. The molecule has 0 saturated heterocycles. The molecule has 0 spiro atoms. The zero-order valence-corrected chi connectivity index (χ0v) is 20.0. The van der Waals surface area contributed by atoms with Crippen molar-refractivity contribution < 1.29 is 42.2 Å². The van der Waals surface area contributed by atoms with E-state index in [2.05, 4.69) is 0 Å². The van der Waals surface area contributed by atoms with Gasteiger partial charge >= 0.3 is 15.2 Å². The lowest BCUT2D eigenvalue weighted by atomic mass is 10.1. The zero-order valence-electron chi connectivity index (χ0n) is 18.2. The number of phenols is 2. The van der Waals surface area contributed by atoms with Gasteiger partial charge in [0.05, 0.1) is 24.1 Å². The average Bonchev–Trinajstić information content (AvgIpc) is 2.77. The van der Waals surface area contributed by atoms with Crippen molar-refractivity contribution in [3.05, 3.63) is 53.6 Å². The predicted octanol–water partition coefficient (Wildman–Crippen LogP) is 4.00. The van der Waals surface area contributed by atoms with Crippen LogP contribution in [-0.2, 0) is 27.2 Å². The van der Waals surface area contributed by atoms with Gasteiger partial charge in [0.25, 0.3) is 0 Å². The molecule has 11 heteroatoms. The molecule has 0 bridgehead atoms. The highest BCUT2D eigenvalue weighted by Crippen LogP contribution is 2.48. The number of benzene rings is 2. The molecular formula is C21H26O9P2. The van der Waals surface area contributed by atoms with E-state index in [1.165, 1.54) is 62.8 Å². The van der Waals surface area contributed by atoms with Crippen LogP contribution < -0.4 is 10.6 Å². The molecule has 0 heterocycles. The summed E-state index contributed by atoms with van der Waals surface area (Å²) in [4.78, 5) is 12.7. The van der Waals surface area contributed by atoms with Crippen molar-refractivity contribution in [2.45, 2.75) is 13.8 Å². The normalized spacial score (nSPS) is 12.4. The Kier molecular flexibility index (Phi) is 8.98. The number of carbonyl (C=O) groups excluding carboxylic acids is 1. The third-order valence-corrected chi connectivity index (χ3v) is 8.40. The highest BCUT2D eigenvalue weighted by Gasteiger charge is 2.29. The van der Waals surface area contributed by atoms with Gasteiger partial charge in [0.1, 0.15) is 16.8 Å². The van der Waals surface area contributed by atoms with Crippen molar-refractivity contribution in [3.8, 4) is 11.5 Å². The summed E-state index contributed by atoms with van der Waals surface area (Å²) in [5, 5.41) is 20.5. The number of hydrogen-bond acceptors (Lipinski definition) is 9. The van der Waals surface area contributed by atoms with Crippen molar-refractivity contribution in [1.82, 2.24) is 0 Å². The van der Waals surface area contributed by atoms with Gasteiger partial charge in [0, 0.05) is 14.2 Å². The molecule has 0 aliphatic rings. The molecule has 2 aromatic carbocycles. The second kappa shape index (κ2) is 11.1. The van der Waals surface area contributed by atoms with Crippen LogP contribution in [0.25, 0.3) is 6.08 Å². The molecular weight excluding hydrogens is 458 g/mol. The van der Waals surface area contributed by atoms with E-state index >= 15 is 0 Å². The minimum absolute atomic E-state index is 0.0149. The summed E-state index contributed by atoms with van der Waals surface area (Å²) in [7, 11) is -4.88. The van der Waals surface area contributed by atoms with E-state index in [1.54, 1.807) is 13.8 Å². The Balaban J connectivity index is 2.34. The third-order valence-electron chi connectivity index (χ3n) is 4.36. The van der Waals surface area contributed by atoms with Crippen LogP contribution in [0.2, 0.25) is 0 Å². The first-order chi connectivity index (χ1) is 15.1. The van der Waals surface area contributed by atoms with Crippen molar-refractivity contribution in [2.75, 3.05) is 27.4 Å². The van der Waals surface area contributed by atoms with Gasteiger partial charge in [0.15, 0.2) is 5.78 Å². The molecule has 174 valence electrons. The number of hydrogen-bond donors (Lipinski definition) is 2. The fourth-order valence-electron chi connectivity index (χ4n) is 2.83. The zero-order chi connectivity index (χ0) is 23.9. The lowest BCUT2D eigenvalue weighted by Gasteiger charge is -2.17. The summed E-state index contributed by atoms with van der Waals surface area (Å²) in [5.41, 5.74) is 0.325. The summed E-state index contributed by atoms with van der Waals surface area (Å²) in [6, 6.07) is 8.06. The first kappa shape index (κ1) is 26.0. The molecule has 0 unspecified atom stereocenters. The molecule has 2 aromatic rings. The first-order valence-electron chi connectivity index (χ1n) is 9.64. The van der Waals surface area contributed by atoms with E-state index in [4.69, 9.17) is 18.1 Å². The molecule has 2 N–H and O–H groups in total. The summed E-state index contributed by atoms with van der Waals surface area (Å²) >= 11 is 0. The maximum atomic E-state index is 13.0. The molecule has 2 rings (SSSR count). The number of allylic oxidation sites excluding steroid dienone is 1. The van der Waals surface area contributed by atoms with E-state index in [-0.39, 0.29) is 40.9 Å². The lowest BCUT2D eigenvalue weighted by molar-refractivity contribution is 0.104. The van der Waals surface area contributed by atoms with E-state index in [1.807, 2.05) is 0 Å². The van der Waals surface area contributed by atoms with Crippen molar-refractivity contribution in [1.29, 1.82) is 0 Å². The summed E-state index contributed by atoms with van der Waals surface area (Å²) in [6.45, 7) is 3.61. The lowest BCUT2D eigenvalue weighted by Crippen LogP contribution is -2.12. The average molecular weight is 484 g/mol. The number of rotatable bonds is 11. The molecule has 0 amide bonds. The Bertz CT molecular complexity index is 1080. The van der Waals surface area contributed by atoms with E-state index in [0.29, 0.717) is 5.56 Å². The summed E-state index contributed by atoms with van der Waals surface area (Å²) in [6.07, 6.45) is 2.57. The van der Waals surface area contributed by atoms with Crippen LogP contribution in [0, 0.1) is 0 Å². The molecule has 0 fully saturated rings. The Labute approximate surface area is 186 Å². The van der Waals surface area contributed by atoms with Crippen LogP contribution in [0.3, 0.4) is 0 Å². The fourth-order valence-corrected chi connectivity index (χ4v) is 5.57. The molecule has 0 atom stereocenters. The van der Waals surface area contributed by atoms with Crippen LogP contribution in [0.1, 0.15) is 29.8 Å². The Hall–Kier alpha value is -2.25. The van der Waals surface area contributed by atoms with Crippen molar-refractivity contribution >= 4 is 37.7 Å². The van der Waals surface area contributed by atoms with Crippen LogP contribution in [0.5, 0.6) is 11.5 Å². The van der Waals surface area contributed by atoms with Gasteiger partial charge in [-0.25, -0.2) is 0 Å². The molecule has 0 saturated carbocycles. The third kappa shape index (κ3) is 5.75. The monoisotopic (exact) mass is 484 g/mol. The SMILES string of the molecule is CCOP(=O)(OCC)c1ccc(O)c(C(=O)C=Cc2ccc(P(=O)(OC)OC)c(O)c2)c1.